The van der Waals surface area contributed by atoms with Gasteiger partial charge in [0.1, 0.15) is 12.6 Å². The summed E-state index contributed by atoms with van der Waals surface area (Å²) in [5.74, 6) is 0.0870. The number of hydrogen-bond donors (Lipinski definition) is 0. The quantitative estimate of drug-likeness (QED) is 0.670. The number of amides is 1. The summed E-state index contributed by atoms with van der Waals surface area (Å²) in [6.45, 7) is 2.47. The number of hydrogen-bond acceptors (Lipinski definition) is 3. The third kappa shape index (κ3) is 3.14. The maximum atomic E-state index is 13.3. The van der Waals surface area contributed by atoms with Gasteiger partial charge in [-0.1, -0.05) is 80.8 Å². The van der Waals surface area contributed by atoms with Gasteiger partial charge in [0, 0.05) is 11.5 Å². The maximum Gasteiger partial charge on any atom is 0.411 e. The van der Waals surface area contributed by atoms with Crippen LogP contribution in [0.4, 0.5) is 4.79 Å². The Morgan fingerprint density at radius 2 is 1.74 bits per heavy atom. The first-order valence-electron chi connectivity index (χ1n) is 9.85. The zero-order valence-corrected chi connectivity index (χ0v) is 15.6. The lowest BCUT2D eigenvalue weighted by Crippen LogP contribution is -2.43. The molecular weight excluding hydrogens is 338 g/mol. The highest BCUT2D eigenvalue weighted by Gasteiger charge is 2.49. The molecule has 1 heterocycles. The van der Waals surface area contributed by atoms with Crippen molar-refractivity contribution in [2.45, 2.75) is 50.6 Å². The van der Waals surface area contributed by atoms with Crippen LogP contribution in [0.2, 0.25) is 0 Å². The van der Waals surface area contributed by atoms with Crippen LogP contribution in [0, 0.1) is 0 Å². The Bertz CT molecular complexity index is 833. The van der Waals surface area contributed by atoms with Crippen LogP contribution in [0.15, 0.2) is 54.6 Å². The molecule has 0 aromatic heterocycles. The first kappa shape index (κ1) is 17.8. The normalized spacial score (nSPS) is 24.2. The van der Waals surface area contributed by atoms with E-state index in [2.05, 4.69) is 6.92 Å². The van der Waals surface area contributed by atoms with E-state index in [1.54, 1.807) is 4.90 Å². The standard InChI is InChI=1S/C23H25NO3/c1-2-3-5-13-18-17-12-8-9-14-19(17)22(25)21(18)24-20(15-27-23(24)26)16-10-6-4-7-11-16/h4,6-12,14,18,20-21H,2-3,5,13,15H2,1H3/t18-,20+,21+/m0/s1. The number of cyclic esters (lactones) is 1. The Hall–Kier alpha value is -2.62. The highest BCUT2D eigenvalue weighted by atomic mass is 16.6. The van der Waals surface area contributed by atoms with Crippen molar-refractivity contribution in [1.29, 1.82) is 0 Å². The van der Waals surface area contributed by atoms with Gasteiger partial charge in [0.15, 0.2) is 5.78 Å². The number of ether oxygens (including phenoxy) is 1. The number of benzene rings is 2. The van der Waals surface area contributed by atoms with Gasteiger partial charge in [-0.3, -0.25) is 9.69 Å². The van der Waals surface area contributed by atoms with Gasteiger partial charge in [0.25, 0.3) is 0 Å². The largest absolute Gasteiger partial charge is 0.447 e. The number of carbonyl (C=O) groups excluding carboxylic acids is 2. The summed E-state index contributed by atoms with van der Waals surface area (Å²) >= 11 is 0. The van der Waals surface area contributed by atoms with Crippen LogP contribution in [-0.2, 0) is 4.74 Å². The number of fused-ring (bicyclic) bond motifs is 1. The number of ketones is 1. The first-order valence-corrected chi connectivity index (χ1v) is 9.85. The van der Waals surface area contributed by atoms with E-state index >= 15 is 0 Å². The molecule has 1 fully saturated rings. The molecule has 0 bridgehead atoms. The molecule has 0 saturated carbocycles. The highest BCUT2D eigenvalue weighted by molar-refractivity contribution is 6.07. The van der Waals surface area contributed by atoms with Gasteiger partial charge in [-0.25, -0.2) is 4.79 Å². The van der Waals surface area contributed by atoms with Crippen LogP contribution in [0.3, 0.4) is 0 Å². The predicted octanol–water partition coefficient (Wildman–Crippen LogP) is 5.11. The second-order valence-corrected chi connectivity index (χ2v) is 7.41. The number of unbranched alkanes of at least 4 members (excludes halogenated alkanes) is 2. The Labute approximate surface area is 160 Å². The number of rotatable bonds is 6. The van der Waals surface area contributed by atoms with Gasteiger partial charge >= 0.3 is 6.09 Å². The van der Waals surface area contributed by atoms with Crippen molar-refractivity contribution in [3.05, 3.63) is 71.3 Å². The molecule has 2 aromatic carbocycles. The van der Waals surface area contributed by atoms with Gasteiger partial charge in [-0.05, 0) is 17.5 Å². The molecular formula is C23H25NO3. The molecule has 2 aliphatic rings. The molecule has 140 valence electrons. The molecule has 3 atom stereocenters. The number of carbonyl (C=O) groups is 2. The molecule has 2 aromatic rings. The average Bonchev–Trinajstić information content (AvgIpc) is 3.21. The summed E-state index contributed by atoms with van der Waals surface area (Å²) in [6, 6.07) is 17.0. The molecule has 1 saturated heterocycles. The van der Waals surface area contributed by atoms with Crippen molar-refractivity contribution in [2.75, 3.05) is 6.61 Å². The maximum absolute atomic E-state index is 13.3. The lowest BCUT2D eigenvalue weighted by atomic mass is 9.90. The zero-order chi connectivity index (χ0) is 18.8. The molecule has 0 radical (unpaired) electrons. The van der Waals surface area contributed by atoms with E-state index in [9.17, 15) is 9.59 Å². The van der Waals surface area contributed by atoms with Crippen LogP contribution in [0.5, 0.6) is 0 Å². The minimum atomic E-state index is -0.473. The Morgan fingerprint density at radius 3 is 2.52 bits per heavy atom. The molecule has 4 rings (SSSR count). The van der Waals surface area contributed by atoms with E-state index in [1.807, 2.05) is 54.6 Å². The van der Waals surface area contributed by atoms with Crippen molar-refractivity contribution in [3.8, 4) is 0 Å². The monoisotopic (exact) mass is 363 g/mol. The smallest absolute Gasteiger partial charge is 0.411 e. The van der Waals surface area contributed by atoms with Crippen LogP contribution in [0.1, 0.15) is 66.1 Å². The van der Waals surface area contributed by atoms with E-state index in [1.165, 1.54) is 0 Å². The van der Waals surface area contributed by atoms with Gasteiger partial charge in [-0.2, -0.15) is 0 Å². The molecule has 4 heteroatoms. The lowest BCUT2D eigenvalue weighted by molar-refractivity contribution is 0.0812. The fourth-order valence-electron chi connectivity index (χ4n) is 4.48. The van der Waals surface area contributed by atoms with E-state index in [0.717, 1.165) is 42.4 Å². The molecule has 1 aliphatic heterocycles. The van der Waals surface area contributed by atoms with Crippen LogP contribution in [-0.4, -0.2) is 29.4 Å². The molecule has 0 N–H and O–H groups in total. The number of Topliss-reactive ketones (excluding diaryl/α,β-unsaturated/α-hetero) is 1. The van der Waals surface area contributed by atoms with Crippen molar-refractivity contribution >= 4 is 11.9 Å². The molecule has 1 aliphatic carbocycles. The third-order valence-corrected chi connectivity index (χ3v) is 5.79. The van der Waals surface area contributed by atoms with E-state index in [4.69, 9.17) is 4.74 Å². The molecule has 4 nitrogen and oxygen atoms in total. The first-order chi connectivity index (χ1) is 13.2. The molecule has 27 heavy (non-hydrogen) atoms. The second-order valence-electron chi connectivity index (χ2n) is 7.41. The third-order valence-electron chi connectivity index (χ3n) is 5.79. The van der Waals surface area contributed by atoms with Crippen LogP contribution >= 0.6 is 0 Å². The van der Waals surface area contributed by atoms with Crippen LogP contribution in [0.25, 0.3) is 0 Å². The summed E-state index contributed by atoms with van der Waals surface area (Å²) in [7, 11) is 0. The van der Waals surface area contributed by atoms with Crippen molar-refractivity contribution in [1.82, 2.24) is 4.90 Å². The molecule has 0 spiro atoms. The summed E-state index contributed by atoms with van der Waals surface area (Å²) in [5, 5.41) is 0. The van der Waals surface area contributed by atoms with Gasteiger partial charge < -0.3 is 4.74 Å². The molecule has 1 amide bonds. The lowest BCUT2D eigenvalue weighted by Gasteiger charge is -2.31. The van der Waals surface area contributed by atoms with E-state index < -0.39 is 6.04 Å². The van der Waals surface area contributed by atoms with E-state index in [0.29, 0.717) is 6.61 Å². The van der Waals surface area contributed by atoms with E-state index in [-0.39, 0.29) is 23.8 Å². The van der Waals surface area contributed by atoms with Gasteiger partial charge in [0.05, 0.1) is 6.04 Å². The van der Waals surface area contributed by atoms with Crippen LogP contribution < -0.4 is 0 Å². The fraction of sp³-hybridized carbons (Fsp3) is 0.391. The minimum Gasteiger partial charge on any atom is -0.447 e. The predicted molar refractivity (Wildman–Crippen MR) is 104 cm³/mol. The number of nitrogens with zero attached hydrogens (tertiary/aromatic N) is 1. The average molecular weight is 363 g/mol. The Morgan fingerprint density at radius 1 is 1.00 bits per heavy atom. The SMILES string of the molecule is CCCCC[C@H]1c2ccccc2C(=O)[C@@H]1N1C(=O)OC[C@@H]1c1ccccc1. The zero-order valence-electron chi connectivity index (χ0n) is 15.6. The molecule has 0 unspecified atom stereocenters. The van der Waals surface area contributed by atoms with Crippen molar-refractivity contribution in [3.63, 3.8) is 0 Å². The summed E-state index contributed by atoms with van der Waals surface area (Å²) in [6.07, 6.45) is 3.85. The minimum absolute atomic E-state index is 0.0390. The second kappa shape index (κ2) is 7.55. The summed E-state index contributed by atoms with van der Waals surface area (Å²) in [4.78, 5) is 27.7. The summed E-state index contributed by atoms with van der Waals surface area (Å²) < 4.78 is 5.40. The summed E-state index contributed by atoms with van der Waals surface area (Å²) in [5.41, 5.74) is 2.85. The topological polar surface area (TPSA) is 46.6 Å². The van der Waals surface area contributed by atoms with Gasteiger partial charge in [-0.15, -0.1) is 0 Å². The fourth-order valence-corrected chi connectivity index (χ4v) is 4.48. The Kier molecular flexibility index (Phi) is 4.97. The Balaban J connectivity index is 1.71. The van der Waals surface area contributed by atoms with Gasteiger partial charge in [0.2, 0.25) is 0 Å². The highest BCUT2D eigenvalue weighted by Crippen LogP contribution is 2.44. The van der Waals surface area contributed by atoms with Crippen molar-refractivity contribution < 1.29 is 14.3 Å². The van der Waals surface area contributed by atoms with Crippen molar-refractivity contribution in [2.24, 2.45) is 0 Å².